The van der Waals surface area contributed by atoms with Gasteiger partial charge in [-0.1, -0.05) is 66.0 Å². The lowest BCUT2D eigenvalue weighted by atomic mass is 9.96. The first-order chi connectivity index (χ1) is 14.6. The van der Waals surface area contributed by atoms with E-state index in [2.05, 4.69) is 39.6 Å². The topological polar surface area (TPSA) is 38.8 Å². The number of nitrogens with zero attached hydrogens (tertiary/aromatic N) is 3. The van der Waals surface area contributed by atoms with Crippen LogP contribution in [0.1, 0.15) is 36.4 Å². The Morgan fingerprint density at radius 3 is 2.23 bits per heavy atom. The highest BCUT2D eigenvalue weighted by molar-refractivity contribution is 6.35. The molecule has 2 heterocycles. The van der Waals surface area contributed by atoms with Gasteiger partial charge in [-0.15, -0.1) is 0 Å². The minimum Gasteiger partial charge on any atom is -0.321 e. The van der Waals surface area contributed by atoms with Crippen LogP contribution in [-0.4, -0.2) is 60.1 Å². The second kappa shape index (κ2) is 10.0. The summed E-state index contributed by atoms with van der Waals surface area (Å²) in [7, 11) is 0. The van der Waals surface area contributed by atoms with Gasteiger partial charge in [0.15, 0.2) is 0 Å². The zero-order valence-electron chi connectivity index (χ0n) is 17.1. The quantitative estimate of drug-likeness (QED) is 0.731. The Balaban J connectivity index is 1.46. The van der Waals surface area contributed by atoms with Crippen molar-refractivity contribution in [2.24, 2.45) is 0 Å². The van der Waals surface area contributed by atoms with Crippen molar-refractivity contribution in [3.05, 3.63) is 69.7 Å². The number of halogens is 2. The lowest BCUT2D eigenvalue weighted by Gasteiger charge is -2.40. The highest BCUT2D eigenvalue weighted by Gasteiger charge is 2.30. The van der Waals surface area contributed by atoms with Crippen molar-refractivity contribution >= 4 is 29.2 Å². The van der Waals surface area contributed by atoms with Gasteiger partial charge in [-0.2, -0.15) is 0 Å². The Labute approximate surface area is 188 Å². The van der Waals surface area contributed by atoms with E-state index in [1.165, 1.54) is 12.0 Å². The summed E-state index contributed by atoms with van der Waals surface area (Å²) >= 11 is 12.7. The summed E-state index contributed by atoms with van der Waals surface area (Å²) in [6.45, 7) is 4.83. The molecule has 2 saturated heterocycles. The first-order valence-corrected chi connectivity index (χ1v) is 11.4. The smallest absolute Gasteiger partial charge is 0.321 e. The maximum absolute atomic E-state index is 12.7. The maximum atomic E-state index is 12.7. The molecule has 1 atom stereocenters. The van der Waals surface area contributed by atoms with Gasteiger partial charge >= 0.3 is 6.03 Å². The van der Waals surface area contributed by atoms with Gasteiger partial charge in [0.1, 0.15) is 0 Å². The summed E-state index contributed by atoms with van der Waals surface area (Å²) in [5.74, 6) is 0. The van der Waals surface area contributed by atoms with E-state index in [-0.39, 0.29) is 12.1 Å². The van der Waals surface area contributed by atoms with Crippen molar-refractivity contribution in [1.82, 2.24) is 20.2 Å². The van der Waals surface area contributed by atoms with Crippen molar-refractivity contribution in [1.29, 1.82) is 0 Å². The largest absolute Gasteiger partial charge is 0.332 e. The summed E-state index contributed by atoms with van der Waals surface area (Å²) < 4.78 is 0. The maximum Gasteiger partial charge on any atom is 0.332 e. The van der Waals surface area contributed by atoms with Crippen molar-refractivity contribution in [2.75, 3.05) is 39.3 Å². The van der Waals surface area contributed by atoms with Crippen LogP contribution in [0.4, 0.5) is 4.79 Å². The predicted octanol–water partition coefficient (Wildman–Crippen LogP) is 4.81. The van der Waals surface area contributed by atoms with Gasteiger partial charge < -0.3 is 4.90 Å². The Kier molecular flexibility index (Phi) is 7.16. The van der Waals surface area contributed by atoms with Crippen molar-refractivity contribution in [2.45, 2.75) is 25.3 Å². The van der Waals surface area contributed by atoms with E-state index in [0.717, 1.165) is 44.6 Å². The molecular weight excluding hydrogens is 419 g/mol. The fourth-order valence-electron chi connectivity index (χ4n) is 4.34. The first kappa shape index (κ1) is 21.4. The van der Waals surface area contributed by atoms with E-state index in [9.17, 15) is 4.79 Å². The van der Waals surface area contributed by atoms with Crippen molar-refractivity contribution < 1.29 is 4.79 Å². The van der Waals surface area contributed by atoms with Gasteiger partial charge in [0, 0.05) is 49.3 Å². The molecule has 160 valence electrons. The van der Waals surface area contributed by atoms with Gasteiger partial charge in [0.05, 0.1) is 6.04 Å². The fourth-order valence-corrected chi connectivity index (χ4v) is 4.85. The molecule has 2 fully saturated rings. The third-order valence-electron chi connectivity index (χ3n) is 5.95. The van der Waals surface area contributed by atoms with E-state index in [1.54, 1.807) is 6.07 Å². The Bertz CT molecular complexity index is 850. The molecule has 2 aromatic rings. The van der Waals surface area contributed by atoms with Crippen LogP contribution in [0.15, 0.2) is 48.5 Å². The summed E-state index contributed by atoms with van der Waals surface area (Å²) in [6, 6.07) is 16.1. The number of benzene rings is 2. The summed E-state index contributed by atoms with van der Waals surface area (Å²) in [5, 5.41) is 3.36. The average Bonchev–Trinajstić information content (AvgIpc) is 2.77. The highest BCUT2D eigenvalue weighted by atomic mass is 35.5. The number of amides is 2. The number of hydrazine groups is 1. The second-order valence-corrected chi connectivity index (χ2v) is 8.81. The summed E-state index contributed by atoms with van der Waals surface area (Å²) in [5.41, 5.74) is 5.31. The van der Waals surface area contributed by atoms with Gasteiger partial charge in [0.2, 0.25) is 0 Å². The van der Waals surface area contributed by atoms with Crippen LogP contribution in [0.2, 0.25) is 10.0 Å². The molecule has 5 nitrogen and oxygen atoms in total. The lowest BCUT2D eigenvalue weighted by molar-refractivity contribution is 0.0954. The number of nitrogens with one attached hydrogen (secondary N) is 1. The molecule has 1 N–H and O–H groups in total. The molecule has 30 heavy (non-hydrogen) atoms. The number of carbonyl (C=O) groups excluding carboxylic acids is 1. The number of carbonyl (C=O) groups is 1. The number of piperazine rings is 1. The van der Waals surface area contributed by atoms with Crippen LogP contribution >= 0.6 is 23.2 Å². The molecule has 0 radical (unpaired) electrons. The van der Waals surface area contributed by atoms with E-state index in [1.807, 2.05) is 23.1 Å². The SMILES string of the molecule is O=C(NN1CCCCC1)N1CCN([C@@H](c2ccccc2)c2ccc(Cl)cc2Cl)CC1. The van der Waals surface area contributed by atoms with Crippen LogP contribution in [0.3, 0.4) is 0 Å². The number of rotatable bonds is 4. The van der Waals surface area contributed by atoms with Crippen molar-refractivity contribution in [3.8, 4) is 0 Å². The number of piperidine rings is 1. The van der Waals surface area contributed by atoms with Gasteiger partial charge in [-0.05, 0) is 36.1 Å². The average molecular weight is 447 g/mol. The van der Waals surface area contributed by atoms with E-state index < -0.39 is 0 Å². The molecule has 0 unspecified atom stereocenters. The molecule has 4 rings (SSSR count). The monoisotopic (exact) mass is 446 g/mol. The van der Waals surface area contributed by atoms with E-state index >= 15 is 0 Å². The molecule has 2 aromatic carbocycles. The number of urea groups is 1. The van der Waals surface area contributed by atoms with Gasteiger partial charge in [0.25, 0.3) is 0 Å². The second-order valence-electron chi connectivity index (χ2n) is 7.97. The summed E-state index contributed by atoms with van der Waals surface area (Å²) in [4.78, 5) is 17.0. The molecule has 2 amide bonds. The molecule has 0 aliphatic carbocycles. The van der Waals surface area contributed by atoms with Crippen LogP contribution in [0, 0.1) is 0 Å². The fraction of sp³-hybridized carbons (Fsp3) is 0.435. The molecule has 7 heteroatoms. The normalized spacial score (nSPS) is 19.5. The molecular formula is C23H28Cl2N4O. The van der Waals surface area contributed by atoms with Gasteiger partial charge in [-0.25, -0.2) is 9.80 Å². The predicted molar refractivity (Wildman–Crippen MR) is 122 cm³/mol. The van der Waals surface area contributed by atoms with Gasteiger partial charge in [-0.3, -0.25) is 10.3 Å². The van der Waals surface area contributed by atoms with Crippen LogP contribution in [0.25, 0.3) is 0 Å². The Morgan fingerprint density at radius 2 is 1.57 bits per heavy atom. The van der Waals surface area contributed by atoms with Crippen LogP contribution < -0.4 is 5.43 Å². The third kappa shape index (κ3) is 5.09. The molecule has 0 bridgehead atoms. The molecule has 2 aliphatic heterocycles. The third-order valence-corrected chi connectivity index (χ3v) is 6.51. The van der Waals surface area contributed by atoms with Crippen LogP contribution in [-0.2, 0) is 0 Å². The van der Waals surface area contributed by atoms with E-state index in [4.69, 9.17) is 23.2 Å². The first-order valence-electron chi connectivity index (χ1n) is 10.7. The number of hydrogen-bond acceptors (Lipinski definition) is 3. The highest BCUT2D eigenvalue weighted by Crippen LogP contribution is 2.35. The van der Waals surface area contributed by atoms with Crippen LogP contribution in [0.5, 0.6) is 0 Å². The minimum absolute atomic E-state index is 0.0114. The van der Waals surface area contributed by atoms with E-state index in [0.29, 0.717) is 23.1 Å². The Hall–Kier alpha value is -1.79. The lowest BCUT2D eigenvalue weighted by Crippen LogP contribution is -2.56. The standard InChI is InChI=1S/C23H28Cl2N4O/c24-19-9-10-20(21(25)17-19)22(18-7-3-1-4-8-18)27-13-15-28(16-14-27)23(30)26-29-11-5-2-6-12-29/h1,3-4,7-10,17,22H,2,5-6,11-16H2,(H,26,30)/t22-/m0/s1. The molecule has 2 aliphatic rings. The molecule has 0 spiro atoms. The summed E-state index contributed by atoms with van der Waals surface area (Å²) in [6.07, 6.45) is 3.54. The molecule has 0 aromatic heterocycles. The zero-order chi connectivity index (χ0) is 20.9. The minimum atomic E-state index is 0.0114. The zero-order valence-corrected chi connectivity index (χ0v) is 18.6. The Morgan fingerprint density at radius 1 is 0.867 bits per heavy atom. The molecule has 0 saturated carbocycles. The number of hydrogen-bond donors (Lipinski definition) is 1. The van der Waals surface area contributed by atoms with Crippen molar-refractivity contribution in [3.63, 3.8) is 0 Å².